The lowest BCUT2D eigenvalue weighted by Gasteiger charge is -1.95. The van der Waals surface area contributed by atoms with Gasteiger partial charge in [-0.05, 0) is 12.8 Å². The molecule has 0 bridgehead atoms. The van der Waals surface area contributed by atoms with Gasteiger partial charge < -0.3 is 9.99 Å². The van der Waals surface area contributed by atoms with Gasteiger partial charge in [-0.15, -0.1) is 0 Å². The van der Waals surface area contributed by atoms with Gasteiger partial charge in [0.05, 0.1) is 0 Å². The van der Waals surface area contributed by atoms with Crippen LogP contribution in [0.5, 0.6) is 0 Å². The van der Waals surface area contributed by atoms with E-state index in [9.17, 15) is 4.79 Å². The molecule has 4 heteroatoms. The number of hydrogen-bond donors (Lipinski definition) is 2. The van der Waals surface area contributed by atoms with E-state index in [1.165, 1.54) is 0 Å². The molecule has 0 saturated heterocycles. The summed E-state index contributed by atoms with van der Waals surface area (Å²) in [5, 5.41) is 16.1. The first kappa shape index (κ1) is 9.39. The second-order valence-electron chi connectivity index (χ2n) is 2.00. The van der Waals surface area contributed by atoms with E-state index >= 15 is 0 Å². The third-order valence-electron chi connectivity index (χ3n) is 1.14. The largest absolute Gasteiger partial charge is 0.396 e. The number of hydrogen-bond acceptors (Lipinski definition) is 4. The molecule has 0 spiro atoms. The van der Waals surface area contributed by atoms with Gasteiger partial charge in [-0.2, -0.15) is 5.26 Å². The molecule has 10 heavy (non-hydrogen) atoms. The van der Waals surface area contributed by atoms with Crippen LogP contribution in [-0.2, 0) is 9.68 Å². The van der Waals surface area contributed by atoms with Crippen LogP contribution in [0.25, 0.3) is 0 Å². The fraction of sp³-hybridized carbons (Fsp3) is 0.833. The standard InChI is InChI=1S/C6H12O4/c7-5-3-1-2-4-6(8)10-9/h7,9H,1-5H2. The fourth-order valence-corrected chi connectivity index (χ4v) is 0.604. The van der Waals surface area contributed by atoms with E-state index in [2.05, 4.69) is 4.89 Å². The minimum Gasteiger partial charge on any atom is -0.396 e. The molecule has 0 unspecified atom stereocenters. The summed E-state index contributed by atoms with van der Waals surface area (Å²) in [6.45, 7) is 0.147. The zero-order valence-corrected chi connectivity index (χ0v) is 5.75. The van der Waals surface area contributed by atoms with E-state index in [4.69, 9.17) is 10.4 Å². The summed E-state index contributed by atoms with van der Waals surface area (Å²) < 4.78 is 0. The molecule has 0 atom stereocenters. The lowest BCUT2D eigenvalue weighted by molar-refractivity contribution is -0.234. The highest BCUT2D eigenvalue weighted by Crippen LogP contribution is 1.99. The third-order valence-corrected chi connectivity index (χ3v) is 1.14. The summed E-state index contributed by atoms with van der Waals surface area (Å²) in [7, 11) is 0. The van der Waals surface area contributed by atoms with E-state index in [-0.39, 0.29) is 13.0 Å². The van der Waals surface area contributed by atoms with Crippen LogP contribution < -0.4 is 0 Å². The van der Waals surface area contributed by atoms with Gasteiger partial charge in [-0.1, -0.05) is 6.42 Å². The highest BCUT2D eigenvalue weighted by molar-refractivity contribution is 5.68. The van der Waals surface area contributed by atoms with Crippen LogP contribution in [0.4, 0.5) is 0 Å². The molecule has 0 aromatic carbocycles. The average Bonchev–Trinajstić information content (AvgIpc) is 1.98. The van der Waals surface area contributed by atoms with Gasteiger partial charge >= 0.3 is 5.97 Å². The van der Waals surface area contributed by atoms with Gasteiger partial charge in [0, 0.05) is 13.0 Å². The van der Waals surface area contributed by atoms with Crippen LogP contribution in [0.2, 0.25) is 0 Å². The summed E-state index contributed by atoms with van der Waals surface area (Å²) in [6.07, 6.45) is 2.35. The number of aliphatic hydroxyl groups is 1. The maximum absolute atomic E-state index is 10.2. The molecule has 0 aliphatic rings. The van der Waals surface area contributed by atoms with E-state index < -0.39 is 5.97 Å². The first-order valence-electron chi connectivity index (χ1n) is 3.26. The molecular formula is C6H12O4. The summed E-state index contributed by atoms with van der Waals surface area (Å²) in [4.78, 5) is 13.7. The number of unbranched alkanes of at least 4 members (excludes halogenated alkanes) is 2. The van der Waals surface area contributed by atoms with Crippen molar-refractivity contribution in [2.45, 2.75) is 25.7 Å². The molecule has 0 aliphatic carbocycles. The van der Waals surface area contributed by atoms with Crippen molar-refractivity contribution in [3.8, 4) is 0 Å². The second-order valence-corrected chi connectivity index (χ2v) is 2.00. The molecule has 0 rings (SSSR count). The van der Waals surface area contributed by atoms with Crippen LogP contribution >= 0.6 is 0 Å². The Labute approximate surface area is 59.4 Å². The predicted molar refractivity (Wildman–Crippen MR) is 34.3 cm³/mol. The first-order chi connectivity index (χ1) is 4.81. The van der Waals surface area contributed by atoms with Gasteiger partial charge in [0.15, 0.2) is 0 Å². The highest BCUT2D eigenvalue weighted by Gasteiger charge is 1.99. The first-order valence-corrected chi connectivity index (χ1v) is 3.26. The summed E-state index contributed by atoms with van der Waals surface area (Å²) in [6, 6.07) is 0. The molecule has 0 aromatic heterocycles. The number of carbonyl (C=O) groups is 1. The smallest absolute Gasteiger partial charge is 0.342 e. The van der Waals surface area contributed by atoms with Crippen molar-refractivity contribution in [2.75, 3.05) is 6.61 Å². The SMILES string of the molecule is O=C(CCCCCO)OO. The van der Waals surface area contributed by atoms with Crippen molar-refractivity contribution in [1.82, 2.24) is 0 Å². The Kier molecular flexibility index (Phi) is 6.11. The van der Waals surface area contributed by atoms with Gasteiger partial charge in [-0.25, -0.2) is 4.79 Å². The summed E-state index contributed by atoms with van der Waals surface area (Å²) >= 11 is 0. The minimum atomic E-state index is -0.613. The maximum atomic E-state index is 10.2. The summed E-state index contributed by atoms with van der Waals surface area (Å²) in [5.74, 6) is -0.613. The number of rotatable bonds is 5. The van der Waals surface area contributed by atoms with E-state index in [0.717, 1.165) is 6.42 Å². The molecule has 2 N–H and O–H groups in total. The van der Waals surface area contributed by atoms with Crippen molar-refractivity contribution < 1.29 is 20.0 Å². The Morgan fingerprint density at radius 3 is 2.50 bits per heavy atom. The van der Waals surface area contributed by atoms with Crippen molar-refractivity contribution in [3.05, 3.63) is 0 Å². The lowest BCUT2D eigenvalue weighted by atomic mass is 10.2. The zero-order valence-electron chi connectivity index (χ0n) is 5.75. The second kappa shape index (κ2) is 6.51. The van der Waals surface area contributed by atoms with Crippen LogP contribution in [-0.4, -0.2) is 22.9 Å². The minimum absolute atomic E-state index is 0.147. The summed E-state index contributed by atoms with van der Waals surface area (Å²) in [5.41, 5.74) is 0. The Morgan fingerprint density at radius 1 is 1.30 bits per heavy atom. The van der Waals surface area contributed by atoms with E-state index in [1.54, 1.807) is 0 Å². The maximum Gasteiger partial charge on any atom is 0.342 e. The fourth-order valence-electron chi connectivity index (χ4n) is 0.604. The van der Waals surface area contributed by atoms with Crippen LogP contribution in [0.1, 0.15) is 25.7 Å². The lowest BCUT2D eigenvalue weighted by Crippen LogP contribution is -1.99. The van der Waals surface area contributed by atoms with Crippen molar-refractivity contribution in [2.24, 2.45) is 0 Å². The Balaban J connectivity index is 2.96. The normalized spacial score (nSPS) is 9.40. The molecule has 0 saturated carbocycles. The molecule has 0 amide bonds. The Morgan fingerprint density at radius 2 is 2.00 bits per heavy atom. The van der Waals surface area contributed by atoms with Crippen molar-refractivity contribution >= 4 is 5.97 Å². The topological polar surface area (TPSA) is 66.8 Å². The predicted octanol–water partition coefficient (Wildman–Crippen LogP) is 0.555. The highest BCUT2D eigenvalue weighted by atomic mass is 17.1. The van der Waals surface area contributed by atoms with Gasteiger partial charge in [0.25, 0.3) is 0 Å². The monoisotopic (exact) mass is 148 g/mol. The van der Waals surface area contributed by atoms with Crippen molar-refractivity contribution in [1.29, 1.82) is 0 Å². The van der Waals surface area contributed by atoms with Crippen LogP contribution in [0.15, 0.2) is 0 Å². The molecule has 0 fully saturated rings. The Hall–Kier alpha value is -0.610. The molecule has 60 valence electrons. The molecule has 0 aromatic rings. The van der Waals surface area contributed by atoms with Gasteiger partial charge in [0.2, 0.25) is 0 Å². The number of aliphatic hydroxyl groups excluding tert-OH is 1. The van der Waals surface area contributed by atoms with Crippen LogP contribution in [0, 0.1) is 0 Å². The quantitative estimate of drug-likeness (QED) is 0.339. The molecule has 0 aliphatic heterocycles. The molecule has 4 nitrogen and oxygen atoms in total. The molecular weight excluding hydrogens is 136 g/mol. The van der Waals surface area contributed by atoms with Crippen LogP contribution in [0.3, 0.4) is 0 Å². The van der Waals surface area contributed by atoms with E-state index in [1.807, 2.05) is 0 Å². The Bertz CT molecular complexity index is 91.7. The molecule has 0 heterocycles. The average molecular weight is 148 g/mol. The van der Waals surface area contributed by atoms with Gasteiger partial charge in [-0.3, -0.25) is 0 Å². The number of carbonyl (C=O) groups excluding carboxylic acids is 1. The zero-order chi connectivity index (χ0) is 7.82. The molecule has 0 radical (unpaired) electrons. The third kappa shape index (κ3) is 5.53. The van der Waals surface area contributed by atoms with Crippen molar-refractivity contribution in [3.63, 3.8) is 0 Å². The van der Waals surface area contributed by atoms with Gasteiger partial charge in [0.1, 0.15) is 0 Å². The van der Waals surface area contributed by atoms with E-state index in [0.29, 0.717) is 12.8 Å².